The number of hydrogen-bond donors (Lipinski definition) is 0. The molecule has 150 valence electrons. The molecule has 0 aliphatic carbocycles. The van der Waals surface area contributed by atoms with E-state index in [1.54, 1.807) is 30.3 Å². The third kappa shape index (κ3) is 5.56. The second-order valence-corrected chi connectivity index (χ2v) is 10.2. The first-order valence-electron chi connectivity index (χ1n) is 9.07. The summed E-state index contributed by atoms with van der Waals surface area (Å²) in [5, 5.41) is 0.604. The predicted molar refractivity (Wildman–Crippen MR) is 114 cm³/mol. The molecule has 1 saturated heterocycles. The van der Waals surface area contributed by atoms with Gasteiger partial charge in [-0.3, -0.25) is 9.69 Å². The quantitative estimate of drug-likeness (QED) is 0.630. The Morgan fingerprint density at radius 2 is 1.64 bits per heavy atom. The van der Waals surface area contributed by atoms with Crippen molar-refractivity contribution in [3.05, 3.63) is 63.6 Å². The van der Waals surface area contributed by atoms with E-state index in [1.807, 2.05) is 23.1 Å². The van der Waals surface area contributed by atoms with Gasteiger partial charge in [0.05, 0.1) is 17.1 Å². The Morgan fingerprint density at radius 1 is 1.00 bits per heavy atom. The van der Waals surface area contributed by atoms with E-state index in [0.717, 1.165) is 10.0 Å². The molecular weight excluding hydrogens is 464 g/mol. The van der Waals surface area contributed by atoms with Gasteiger partial charge in [0.25, 0.3) is 0 Å². The van der Waals surface area contributed by atoms with Crippen molar-refractivity contribution in [3.63, 3.8) is 0 Å². The number of hydrogen-bond acceptors (Lipinski definition) is 4. The van der Waals surface area contributed by atoms with Gasteiger partial charge < -0.3 is 4.90 Å². The molecule has 1 heterocycles. The van der Waals surface area contributed by atoms with Gasteiger partial charge in [0.15, 0.2) is 9.84 Å². The summed E-state index contributed by atoms with van der Waals surface area (Å²) in [6, 6.07) is 14.1. The van der Waals surface area contributed by atoms with Gasteiger partial charge >= 0.3 is 0 Å². The molecule has 2 aromatic rings. The number of benzene rings is 2. The first-order chi connectivity index (χ1) is 13.3. The number of sulfone groups is 1. The lowest BCUT2D eigenvalue weighted by molar-refractivity contribution is -0.132. The van der Waals surface area contributed by atoms with Gasteiger partial charge in [-0.25, -0.2) is 8.42 Å². The van der Waals surface area contributed by atoms with Crippen LogP contribution in [0.3, 0.4) is 0 Å². The predicted octanol–water partition coefficient (Wildman–Crippen LogP) is 3.26. The van der Waals surface area contributed by atoms with Crippen LogP contribution >= 0.6 is 27.5 Å². The van der Waals surface area contributed by atoms with Crippen molar-refractivity contribution in [2.24, 2.45) is 0 Å². The van der Waals surface area contributed by atoms with E-state index in [2.05, 4.69) is 20.8 Å². The fourth-order valence-electron chi connectivity index (χ4n) is 3.15. The number of amides is 1. The molecule has 0 spiro atoms. The van der Waals surface area contributed by atoms with Crippen molar-refractivity contribution in [2.45, 2.75) is 11.3 Å². The van der Waals surface area contributed by atoms with Gasteiger partial charge in [-0.05, 0) is 35.9 Å². The lowest BCUT2D eigenvalue weighted by atomic mass is 10.1. The minimum atomic E-state index is -3.31. The number of rotatable bonds is 6. The van der Waals surface area contributed by atoms with Crippen LogP contribution in [0.1, 0.15) is 5.56 Å². The molecule has 1 aliphatic rings. The average molecular weight is 486 g/mol. The molecule has 1 aliphatic heterocycles. The molecule has 0 radical (unpaired) electrons. The van der Waals surface area contributed by atoms with Crippen LogP contribution in [-0.2, 0) is 21.1 Å². The second kappa shape index (κ2) is 9.39. The van der Waals surface area contributed by atoms with E-state index in [-0.39, 0.29) is 18.1 Å². The van der Waals surface area contributed by atoms with Crippen LogP contribution in [0.5, 0.6) is 0 Å². The summed E-state index contributed by atoms with van der Waals surface area (Å²) in [6.45, 7) is 3.00. The van der Waals surface area contributed by atoms with E-state index in [9.17, 15) is 13.2 Å². The van der Waals surface area contributed by atoms with Crippen LogP contribution in [0, 0.1) is 0 Å². The van der Waals surface area contributed by atoms with Gasteiger partial charge in [-0.15, -0.1) is 0 Å². The Labute approximate surface area is 179 Å². The van der Waals surface area contributed by atoms with Crippen molar-refractivity contribution >= 4 is 43.3 Å². The monoisotopic (exact) mass is 484 g/mol. The van der Waals surface area contributed by atoms with Crippen LogP contribution in [0.25, 0.3) is 0 Å². The molecule has 8 heteroatoms. The molecule has 2 aromatic carbocycles. The largest absolute Gasteiger partial charge is 0.340 e. The molecule has 28 heavy (non-hydrogen) atoms. The molecule has 0 aromatic heterocycles. The smallest absolute Gasteiger partial charge is 0.227 e. The van der Waals surface area contributed by atoms with Gasteiger partial charge in [0, 0.05) is 42.2 Å². The van der Waals surface area contributed by atoms with E-state index in [4.69, 9.17) is 11.6 Å². The minimum Gasteiger partial charge on any atom is -0.340 e. The fraction of sp³-hybridized carbons (Fsp3) is 0.350. The zero-order valence-corrected chi connectivity index (χ0v) is 18.5. The molecule has 0 saturated carbocycles. The SMILES string of the molecule is O=C(Cc1ccccc1Cl)N1CCN(CCS(=O)(=O)c2ccc(Br)cc2)CC1. The van der Waals surface area contributed by atoms with Crippen LogP contribution in [0.4, 0.5) is 0 Å². The van der Waals surface area contributed by atoms with Gasteiger partial charge in [0.2, 0.25) is 5.91 Å². The lowest BCUT2D eigenvalue weighted by Crippen LogP contribution is -2.50. The minimum absolute atomic E-state index is 0.0511. The first kappa shape index (κ1) is 21.3. The summed E-state index contributed by atoms with van der Waals surface area (Å²) in [5.74, 6) is 0.123. The standard InChI is InChI=1S/C20H22BrClN2O3S/c21-17-5-7-18(8-6-17)28(26,27)14-13-23-9-11-24(12-10-23)20(25)15-16-3-1-2-4-19(16)22/h1-8H,9-15H2. The second-order valence-electron chi connectivity index (χ2n) is 6.76. The van der Waals surface area contributed by atoms with Crippen molar-refractivity contribution in [2.75, 3.05) is 38.5 Å². The van der Waals surface area contributed by atoms with Gasteiger partial charge in [0.1, 0.15) is 0 Å². The van der Waals surface area contributed by atoms with E-state index >= 15 is 0 Å². The van der Waals surface area contributed by atoms with Crippen molar-refractivity contribution < 1.29 is 13.2 Å². The van der Waals surface area contributed by atoms with Crippen LogP contribution in [0.2, 0.25) is 5.02 Å². The first-order valence-corrected chi connectivity index (χ1v) is 11.9. The Hall–Kier alpha value is -1.41. The molecule has 3 rings (SSSR count). The van der Waals surface area contributed by atoms with Gasteiger partial charge in [-0.1, -0.05) is 45.7 Å². The zero-order valence-electron chi connectivity index (χ0n) is 15.4. The topological polar surface area (TPSA) is 57.7 Å². The lowest BCUT2D eigenvalue weighted by Gasteiger charge is -2.34. The zero-order chi connectivity index (χ0) is 20.1. The summed E-state index contributed by atoms with van der Waals surface area (Å²) in [5.41, 5.74) is 0.831. The van der Waals surface area contributed by atoms with Crippen LogP contribution in [-0.4, -0.2) is 62.6 Å². The number of halogens is 2. The number of piperazine rings is 1. The third-order valence-electron chi connectivity index (χ3n) is 4.87. The normalized spacial score (nSPS) is 15.6. The van der Waals surface area contributed by atoms with Crippen molar-refractivity contribution in [3.8, 4) is 0 Å². The molecule has 1 amide bonds. The summed E-state index contributed by atoms with van der Waals surface area (Å²) in [7, 11) is -3.31. The molecule has 0 atom stereocenters. The number of carbonyl (C=O) groups excluding carboxylic acids is 1. The Bertz CT molecular complexity index is 927. The molecular formula is C20H22BrClN2O3S. The Morgan fingerprint density at radius 3 is 2.29 bits per heavy atom. The maximum absolute atomic E-state index is 12.5. The third-order valence-corrected chi connectivity index (χ3v) is 7.48. The number of carbonyl (C=O) groups is 1. The van der Waals surface area contributed by atoms with E-state index in [1.165, 1.54) is 0 Å². The Balaban J connectivity index is 1.48. The summed E-state index contributed by atoms with van der Waals surface area (Å²) in [4.78, 5) is 16.8. The molecule has 1 fully saturated rings. The highest BCUT2D eigenvalue weighted by molar-refractivity contribution is 9.10. The molecule has 0 unspecified atom stereocenters. The van der Waals surface area contributed by atoms with E-state index < -0.39 is 9.84 Å². The number of nitrogens with zero attached hydrogens (tertiary/aromatic N) is 2. The fourth-order valence-corrected chi connectivity index (χ4v) is 4.90. The van der Waals surface area contributed by atoms with Crippen LogP contribution in [0.15, 0.2) is 57.9 Å². The van der Waals surface area contributed by atoms with E-state index in [0.29, 0.717) is 42.6 Å². The Kier molecular flexibility index (Phi) is 7.15. The van der Waals surface area contributed by atoms with Crippen LogP contribution < -0.4 is 0 Å². The highest BCUT2D eigenvalue weighted by atomic mass is 79.9. The highest BCUT2D eigenvalue weighted by Gasteiger charge is 2.23. The molecule has 5 nitrogen and oxygen atoms in total. The summed E-state index contributed by atoms with van der Waals surface area (Å²) in [6.07, 6.45) is 0.289. The summed E-state index contributed by atoms with van der Waals surface area (Å²) < 4.78 is 25.8. The molecule has 0 bridgehead atoms. The maximum Gasteiger partial charge on any atom is 0.227 e. The maximum atomic E-state index is 12.5. The summed E-state index contributed by atoms with van der Waals surface area (Å²) >= 11 is 9.45. The van der Waals surface area contributed by atoms with Gasteiger partial charge in [-0.2, -0.15) is 0 Å². The van der Waals surface area contributed by atoms with Crippen molar-refractivity contribution in [1.29, 1.82) is 0 Å². The van der Waals surface area contributed by atoms with Crippen molar-refractivity contribution in [1.82, 2.24) is 9.80 Å². The molecule has 0 N–H and O–H groups in total. The highest BCUT2D eigenvalue weighted by Crippen LogP contribution is 2.18. The average Bonchev–Trinajstić information content (AvgIpc) is 2.69.